The van der Waals surface area contributed by atoms with E-state index in [4.69, 9.17) is 0 Å². The number of hydrogen-bond acceptors (Lipinski definition) is 2. The molecule has 0 spiro atoms. The van der Waals surface area contributed by atoms with Crippen molar-refractivity contribution >= 4 is 0 Å². The molecule has 4 heteroatoms. The molecule has 0 saturated carbocycles. The number of aromatic amines is 2. The fourth-order valence-corrected chi connectivity index (χ4v) is 9.07. The molecule has 0 radical (unpaired) electrons. The van der Waals surface area contributed by atoms with Crippen molar-refractivity contribution in [1.29, 1.82) is 0 Å². The van der Waals surface area contributed by atoms with Gasteiger partial charge in [0.15, 0.2) is 0 Å². The number of rotatable bonds is 2. The molecule has 4 nitrogen and oxygen atoms in total. The average Bonchev–Trinajstić information content (AvgIpc) is 3.86. The average molecular weight is 545 g/mol. The normalized spacial score (nSPS) is 25.4. The molecule has 0 amide bonds. The van der Waals surface area contributed by atoms with Gasteiger partial charge in [-0.2, -0.15) is 0 Å². The van der Waals surface area contributed by atoms with E-state index >= 15 is 0 Å². The summed E-state index contributed by atoms with van der Waals surface area (Å²) in [4.78, 5) is 15.4. The summed E-state index contributed by atoms with van der Waals surface area (Å²) in [5, 5.41) is 0. The maximum absolute atomic E-state index is 4.29. The van der Waals surface area contributed by atoms with E-state index in [1.165, 1.54) is 55.9 Å². The minimum atomic E-state index is 0.129. The number of nitrogens with zero attached hydrogens (tertiary/aromatic N) is 2. The molecule has 4 aliphatic carbocycles. The lowest BCUT2D eigenvalue weighted by Gasteiger charge is -2.28. The summed E-state index contributed by atoms with van der Waals surface area (Å²) in [5.41, 5.74) is 14.8. The van der Waals surface area contributed by atoms with Crippen LogP contribution in [0.2, 0.25) is 0 Å². The van der Waals surface area contributed by atoms with Gasteiger partial charge in [-0.05, 0) is 70.2 Å². The van der Waals surface area contributed by atoms with Crippen LogP contribution in [0.25, 0.3) is 0 Å². The lowest BCUT2D eigenvalue weighted by molar-refractivity contribution is 0.425. The second-order valence-electron chi connectivity index (χ2n) is 12.6. The number of H-pyrrole nitrogens is 2. The molecule has 2 heterocycles. The van der Waals surface area contributed by atoms with Crippen molar-refractivity contribution in [3.63, 3.8) is 0 Å². The zero-order valence-corrected chi connectivity index (χ0v) is 23.4. The van der Waals surface area contributed by atoms with Gasteiger partial charge in [0.25, 0.3) is 0 Å². The summed E-state index contributed by atoms with van der Waals surface area (Å²) in [6, 6.07) is 35.7. The molecule has 42 heavy (non-hydrogen) atoms. The van der Waals surface area contributed by atoms with E-state index in [-0.39, 0.29) is 10.8 Å². The second kappa shape index (κ2) is 8.90. The summed E-state index contributed by atoms with van der Waals surface area (Å²) in [7, 11) is 0. The van der Waals surface area contributed by atoms with Crippen LogP contribution >= 0.6 is 0 Å². The van der Waals surface area contributed by atoms with Crippen LogP contribution in [0.4, 0.5) is 0 Å². The molecule has 0 bridgehead atoms. The van der Waals surface area contributed by atoms with Crippen LogP contribution in [0.5, 0.6) is 0 Å². The van der Waals surface area contributed by atoms with Gasteiger partial charge in [-0.1, -0.05) is 97.1 Å². The smallest absolute Gasteiger partial charge is 0.0921 e. The van der Waals surface area contributed by atoms with Gasteiger partial charge in [-0.3, -0.25) is 0 Å². The molecule has 0 fully saturated rings. The predicted molar refractivity (Wildman–Crippen MR) is 165 cm³/mol. The third kappa shape index (κ3) is 3.24. The summed E-state index contributed by atoms with van der Waals surface area (Å²) >= 11 is 0. The third-order valence-electron chi connectivity index (χ3n) is 10.7. The number of imidazole rings is 2. The Morgan fingerprint density at radius 2 is 0.762 bits per heavy atom. The van der Waals surface area contributed by atoms with Crippen LogP contribution in [-0.2, 0) is 36.5 Å². The molecular weight excluding hydrogens is 512 g/mol. The summed E-state index contributed by atoms with van der Waals surface area (Å²) in [6.07, 6.45) is 12.1. The van der Waals surface area contributed by atoms with Gasteiger partial charge in [0.2, 0.25) is 0 Å². The van der Waals surface area contributed by atoms with Crippen LogP contribution in [0.3, 0.4) is 0 Å². The largest absolute Gasteiger partial charge is 0.348 e. The number of aromatic nitrogens is 4. The molecule has 0 unspecified atom stereocenters. The van der Waals surface area contributed by atoms with Crippen LogP contribution in [0.1, 0.15) is 67.7 Å². The lowest BCUT2D eigenvalue weighted by Crippen LogP contribution is -2.29. The molecule has 6 aromatic rings. The first-order valence-corrected chi connectivity index (χ1v) is 15.1. The standard InChI is InChI=1S/2C19H16N2/c2*1-3-7-15-13(5-1)9-19(17-11-20-12-21-17)10-14-6-2-4-8-16(14)18(15)19/h2*1-8,11-12,18H,9-10H2,(H,20,21). The SMILES string of the molecule is c1ccc2c(c1)CC1(c3cnc[nH]3)Cc3ccccc3C21.c1ccc2c(c1)CC1(c3cnc[nH]3)Cc3ccccc3C21. The third-order valence-corrected chi connectivity index (χ3v) is 10.7. The van der Waals surface area contributed by atoms with Crippen LogP contribution < -0.4 is 0 Å². The fraction of sp³-hybridized carbons (Fsp3) is 0.211. The van der Waals surface area contributed by atoms with Crippen molar-refractivity contribution in [3.8, 4) is 0 Å². The van der Waals surface area contributed by atoms with Gasteiger partial charge < -0.3 is 9.97 Å². The molecule has 0 atom stereocenters. The Labute approximate surface area is 245 Å². The predicted octanol–water partition coefficient (Wildman–Crippen LogP) is 7.18. The molecule has 4 aromatic carbocycles. The quantitative estimate of drug-likeness (QED) is 0.243. The lowest BCUT2D eigenvalue weighted by atomic mass is 9.74. The highest BCUT2D eigenvalue weighted by Gasteiger charge is 2.54. The zero-order chi connectivity index (χ0) is 27.7. The van der Waals surface area contributed by atoms with E-state index in [2.05, 4.69) is 117 Å². The number of hydrogen-bond donors (Lipinski definition) is 2. The van der Waals surface area contributed by atoms with Crippen LogP contribution in [0.15, 0.2) is 122 Å². The van der Waals surface area contributed by atoms with Crippen molar-refractivity contribution in [3.05, 3.63) is 178 Å². The first kappa shape index (κ1) is 24.0. The summed E-state index contributed by atoms with van der Waals surface area (Å²) < 4.78 is 0. The van der Waals surface area contributed by atoms with Gasteiger partial charge in [-0.15, -0.1) is 0 Å². The number of benzene rings is 4. The Kier molecular flexibility index (Phi) is 5.07. The molecule has 2 aromatic heterocycles. The van der Waals surface area contributed by atoms with Crippen molar-refractivity contribution in [2.45, 2.75) is 48.3 Å². The molecule has 0 saturated heterocycles. The molecular formula is C38H32N4. The zero-order valence-electron chi connectivity index (χ0n) is 23.4. The first-order valence-electron chi connectivity index (χ1n) is 15.1. The van der Waals surface area contributed by atoms with Gasteiger partial charge in [0.05, 0.1) is 12.7 Å². The Morgan fingerprint density at radius 3 is 1.05 bits per heavy atom. The second-order valence-corrected chi connectivity index (χ2v) is 12.6. The van der Waals surface area contributed by atoms with Crippen molar-refractivity contribution in [2.75, 3.05) is 0 Å². The maximum atomic E-state index is 4.29. The van der Waals surface area contributed by atoms with E-state index in [0.29, 0.717) is 11.8 Å². The monoisotopic (exact) mass is 544 g/mol. The molecule has 0 aliphatic heterocycles. The minimum Gasteiger partial charge on any atom is -0.348 e. The van der Waals surface area contributed by atoms with Gasteiger partial charge >= 0.3 is 0 Å². The Hall–Kier alpha value is -4.70. The highest BCUT2D eigenvalue weighted by Crippen LogP contribution is 2.59. The van der Waals surface area contributed by atoms with Crippen molar-refractivity contribution < 1.29 is 0 Å². The van der Waals surface area contributed by atoms with Crippen LogP contribution in [-0.4, -0.2) is 19.9 Å². The van der Waals surface area contributed by atoms with E-state index in [1.54, 1.807) is 0 Å². The Morgan fingerprint density at radius 1 is 0.452 bits per heavy atom. The van der Waals surface area contributed by atoms with Crippen molar-refractivity contribution in [2.24, 2.45) is 0 Å². The first-order chi connectivity index (χ1) is 20.8. The van der Waals surface area contributed by atoms with E-state index in [9.17, 15) is 0 Å². The Balaban J connectivity index is 0.000000119. The number of nitrogens with one attached hydrogen (secondary N) is 2. The maximum Gasteiger partial charge on any atom is 0.0921 e. The highest BCUT2D eigenvalue weighted by molar-refractivity contribution is 5.59. The van der Waals surface area contributed by atoms with E-state index < -0.39 is 0 Å². The molecule has 204 valence electrons. The van der Waals surface area contributed by atoms with Crippen LogP contribution in [0, 0.1) is 0 Å². The topological polar surface area (TPSA) is 57.4 Å². The minimum absolute atomic E-state index is 0.129. The van der Waals surface area contributed by atoms with E-state index in [1.807, 2.05) is 25.0 Å². The molecule has 4 aliphatic rings. The molecule has 10 rings (SSSR count). The fourth-order valence-electron chi connectivity index (χ4n) is 9.07. The van der Waals surface area contributed by atoms with Gasteiger partial charge in [0.1, 0.15) is 0 Å². The highest BCUT2D eigenvalue weighted by atomic mass is 14.9. The van der Waals surface area contributed by atoms with Gasteiger partial charge in [0, 0.05) is 46.4 Å². The summed E-state index contributed by atoms with van der Waals surface area (Å²) in [5.74, 6) is 0.927. The van der Waals surface area contributed by atoms with E-state index in [0.717, 1.165) is 25.7 Å². The summed E-state index contributed by atoms with van der Waals surface area (Å²) in [6.45, 7) is 0. The Bertz CT molecular complexity index is 1680. The number of fused-ring (bicyclic) bond motifs is 10. The molecule has 2 N–H and O–H groups in total. The van der Waals surface area contributed by atoms with Crippen molar-refractivity contribution in [1.82, 2.24) is 19.9 Å². The van der Waals surface area contributed by atoms with Gasteiger partial charge in [-0.25, -0.2) is 9.97 Å².